The van der Waals surface area contributed by atoms with Crippen molar-refractivity contribution in [1.82, 2.24) is 9.88 Å². The molecule has 1 aromatic heterocycles. The zero-order valence-electron chi connectivity index (χ0n) is 19.7. The first-order valence-corrected chi connectivity index (χ1v) is 11.6. The summed E-state index contributed by atoms with van der Waals surface area (Å²) < 4.78 is 16.9. The van der Waals surface area contributed by atoms with Crippen molar-refractivity contribution >= 4 is 22.8 Å². The number of amides is 1. The smallest absolute Gasteiger partial charge is 0.338 e. The molecule has 1 spiro atoms. The van der Waals surface area contributed by atoms with Crippen LogP contribution in [0.3, 0.4) is 0 Å². The van der Waals surface area contributed by atoms with E-state index in [2.05, 4.69) is 18.0 Å². The van der Waals surface area contributed by atoms with Gasteiger partial charge in [0.2, 0.25) is 0 Å². The molecule has 7 nitrogen and oxygen atoms in total. The summed E-state index contributed by atoms with van der Waals surface area (Å²) in [6.45, 7) is 3.05. The van der Waals surface area contributed by atoms with Crippen LogP contribution in [0.1, 0.15) is 51.7 Å². The highest BCUT2D eigenvalue weighted by atomic mass is 16.6. The van der Waals surface area contributed by atoms with E-state index in [4.69, 9.17) is 14.2 Å². The summed E-state index contributed by atoms with van der Waals surface area (Å²) in [5.74, 6) is 0.729. The fourth-order valence-corrected chi connectivity index (χ4v) is 5.01. The van der Waals surface area contributed by atoms with Crippen molar-refractivity contribution < 1.29 is 23.8 Å². The Morgan fingerprint density at radius 2 is 1.85 bits per heavy atom. The lowest BCUT2D eigenvalue weighted by Gasteiger charge is -2.43. The lowest BCUT2D eigenvalue weighted by molar-refractivity contribution is -0.0527. The first-order chi connectivity index (χ1) is 16.5. The standard InChI is InChI=1S/C27H28N2O5/c1-4-17-8-9-18-16-27(34-26(31)20(18)14-17)10-12-29(13-11-27)25(30)21-15-23(33-3)19-6-5-7-22(32-2)24(19)28-21/h5-9,14-15H,4,10-13,16H2,1-3H3. The molecule has 0 saturated carbocycles. The Kier molecular flexibility index (Phi) is 5.63. The van der Waals surface area contributed by atoms with Gasteiger partial charge in [-0.2, -0.15) is 0 Å². The largest absolute Gasteiger partial charge is 0.496 e. The molecule has 34 heavy (non-hydrogen) atoms. The minimum Gasteiger partial charge on any atom is -0.496 e. The van der Waals surface area contributed by atoms with Crippen LogP contribution in [-0.2, 0) is 17.6 Å². The Morgan fingerprint density at radius 3 is 2.56 bits per heavy atom. The van der Waals surface area contributed by atoms with Gasteiger partial charge in [-0.15, -0.1) is 0 Å². The fraction of sp³-hybridized carbons (Fsp3) is 0.370. The number of para-hydroxylation sites is 1. The van der Waals surface area contributed by atoms with Gasteiger partial charge in [-0.3, -0.25) is 4.79 Å². The normalized spacial score (nSPS) is 16.8. The summed E-state index contributed by atoms with van der Waals surface area (Å²) in [4.78, 5) is 32.5. The molecule has 3 heterocycles. The molecule has 0 radical (unpaired) electrons. The number of pyridine rings is 1. The molecule has 0 bridgehead atoms. The number of carbonyl (C=O) groups is 2. The molecule has 0 unspecified atom stereocenters. The van der Waals surface area contributed by atoms with Gasteiger partial charge >= 0.3 is 5.97 Å². The third-order valence-electron chi connectivity index (χ3n) is 7.01. The zero-order chi connectivity index (χ0) is 23.9. The van der Waals surface area contributed by atoms with Gasteiger partial charge in [-0.25, -0.2) is 9.78 Å². The third-order valence-corrected chi connectivity index (χ3v) is 7.01. The molecule has 2 aliphatic heterocycles. The average Bonchev–Trinajstić information content (AvgIpc) is 2.87. The van der Waals surface area contributed by atoms with Crippen molar-refractivity contribution in [3.63, 3.8) is 0 Å². The molecule has 0 N–H and O–H groups in total. The number of carbonyl (C=O) groups excluding carboxylic acids is 2. The van der Waals surface area contributed by atoms with Gasteiger partial charge in [-0.1, -0.05) is 25.1 Å². The van der Waals surface area contributed by atoms with Crippen molar-refractivity contribution in [3.05, 3.63) is 64.8 Å². The molecule has 2 aromatic carbocycles. The molecular formula is C27H28N2O5. The van der Waals surface area contributed by atoms with Crippen LogP contribution in [0.15, 0.2) is 42.5 Å². The summed E-state index contributed by atoms with van der Waals surface area (Å²) in [6.07, 6.45) is 2.74. The number of aryl methyl sites for hydroxylation is 1. The van der Waals surface area contributed by atoms with Crippen molar-refractivity contribution in [2.45, 2.75) is 38.2 Å². The van der Waals surface area contributed by atoms with E-state index in [1.54, 1.807) is 25.2 Å². The lowest BCUT2D eigenvalue weighted by atomic mass is 9.81. The molecule has 2 aliphatic rings. The molecule has 5 rings (SSSR count). The van der Waals surface area contributed by atoms with Gasteiger partial charge < -0.3 is 19.1 Å². The summed E-state index contributed by atoms with van der Waals surface area (Å²) in [6, 6.07) is 13.3. The second kappa shape index (κ2) is 8.63. The highest BCUT2D eigenvalue weighted by Crippen LogP contribution is 2.37. The number of piperidine rings is 1. The number of likely N-dealkylation sites (tertiary alicyclic amines) is 1. The Hall–Kier alpha value is -3.61. The van der Waals surface area contributed by atoms with Crippen LogP contribution in [-0.4, -0.2) is 54.7 Å². The molecule has 0 aliphatic carbocycles. The SMILES string of the molecule is CCc1ccc2c(c1)C(=O)OC1(CCN(C(=O)c3cc(OC)c4cccc(OC)c4n3)CC1)C2. The van der Waals surface area contributed by atoms with E-state index in [1.807, 2.05) is 30.3 Å². The number of esters is 1. The molecule has 1 amide bonds. The summed E-state index contributed by atoms with van der Waals surface area (Å²) in [5, 5.41) is 0.787. The van der Waals surface area contributed by atoms with Gasteiger partial charge in [0.05, 0.1) is 19.8 Å². The maximum absolute atomic E-state index is 13.4. The molecule has 3 aromatic rings. The number of fused-ring (bicyclic) bond motifs is 2. The number of benzene rings is 2. The molecule has 7 heteroatoms. The molecule has 1 saturated heterocycles. The van der Waals surface area contributed by atoms with E-state index in [1.165, 1.54) is 0 Å². The van der Waals surface area contributed by atoms with Gasteiger partial charge in [0.15, 0.2) is 0 Å². The van der Waals surface area contributed by atoms with E-state index in [0.717, 1.165) is 22.9 Å². The van der Waals surface area contributed by atoms with Crippen molar-refractivity contribution in [2.75, 3.05) is 27.3 Å². The summed E-state index contributed by atoms with van der Waals surface area (Å²) >= 11 is 0. The van der Waals surface area contributed by atoms with Crippen LogP contribution in [0.5, 0.6) is 11.5 Å². The van der Waals surface area contributed by atoms with E-state index >= 15 is 0 Å². The first-order valence-electron chi connectivity index (χ1n) is 11.6. The number of ether oxygens (including phenoxy) is 3. The number of methoxy groups -OCH3 is 2. The quantitative estimate of drug-likeness (QED) is 0.543. The highest BCUT2D eigenvalue weighted by molar-refractivity contribution is 5.98. The fourth-order valence-electron chi connectivity index (χ4n) is 5.01. The second-order valence-electron chi connectivity index (χ2n) is 8.95. The number of hydrogen-bond donors (Lipinski definition) is 0. The van der Waals surface area contributed by atoms with Crippen LogP contribution in [0, 0.1) is 0 Å². The van der Waals surface area contributed by atoms with Crippen molar-refractivity contribution in [3.8, 4) is 11.5 Å². The lowest BCUT2D eigenvalue weighted by Crippen LogP contribution is -2.52. The monoisotopic (exact) mass is 460 g/mol. The van der Waals surface area contributed by atoms with Crippen LogP contribution in [0.4, 0.5) is 0 Å². The number of hydrogen-bond acceptors (Lipinski definition) is 6. The Balaban J connectivity index is 1.36. The Labute approximate surface area is 198 Å². The van der Waals surface area contributed by atoms with Crippen LogP contribution < -0.4 is 9.47 Å². The predicted molar refractivity (Wildman–Crippen MR) is 128 cm³/mol. The molecule has 1 fully saturated rings. The third kappa shape index (κ3) is 3.75. The number of nitrogens with zero attached hydrogens (tertiary/aromatic N) is 2. The van der Waals surface area contributed by atoms with Crippen LogP contribution >= 0.6 is 0 Å². The van der Waals surface area contributed by atoms with Gasteiger partial charge in [-0.05, 0) is 35.7 Å². The van der Waals surface area contributed by atoms with E-state index in [9.17, 15) is 9.59 Å². The highest BCUT2D eigenvalue weighted by Gasteiger charge is 2.43. The van der Waals surface area contributed by atoms with E-state index in [0.29, 0.717) is 60.6 Å². The van der Waals surface area contributed by atoms with Gasteiger partial charge in [0, 0.05) is 43.8 Å². The minimum atomic E-state index is -0.563. The second-order valence-corrected chi connectivity index (χ2v) is 8.95. The minimum absolute atomic E-state index is 0.170. The van der Waals surface area contributed by atoms with Crippen molar-refractivity contribution in [1.29, 1.82) is 0 Å². The summed E-state index contributed by atoms with van der Waals surface area (Å²) in [5.41, 5.74) is 3.16. The molecule has 0 atom stereocenters. The predicted octanol–water partition coefficient (Wildman–Crippen LogP) is 4.20. The zero-order valence-corrected chi connectivity index (χ0v) is 19.7. The van der Waals surface area contributed by atoms with E-state index in [-0.39, 0.29) is 11.9 Å². The van der Waals surface area contributed by atoms with Gasteiger partial charge in [0.25, 0.3) is 5.91 Å². The number of aromatic nitrogens is 1. The Bertz CT molecular complexity index is 1280. The van der Waals surface area contributed by atoms with Gasteiger partial charge in [0.1, 0.15) is 28.3 Å². The molecule has 176 valence electrons. The Morgan fingerprint density at radius 1 is 1.09 bits per heavy atom. The molecular weight excluding hydrogens is 432 g/mol. The maximum Gasteiger partial charge on any atom is 0.338 e. The average molecular weight is 461 g/mol. The number of rotatable bonds is 4. The van der Waals surface area contributed by atoms with E-state index < -0.39 is 5.60 Å². The van der Waals surface area contributed by atoms with Crippen LogP contribution in [0.2, 0.25) is 0 Å². The maximum atomic E-state index is 13.4. The summed E-state index contributed by atoms with van der Waals surface area (Å²) in [7, 11) is 3.15. The topological polar surface area (TPSA) is 78.0 Å². The first kappa shape index (κ1) is 22.2. The van der Waals surface area contributed by atoms with Crippen molar-refractivity contribution in [2.24, 2.45) is 0 Å². The van der Waals surface area contributed by atoms with Crippen LogP contribution in [0.25, 0.3) is 10.9 Å².